The van der Waals surface area contributed by atoms with Gasteiger partial charge in [0.1, 0.15) is 18.9 Å². The van der Waals surface area contributed by atoms with Crippen LogP contribution in [0.1, 0.15) is 39.7 Å². The number of fused-ring (bicyclic) bond motifs is 2. The molecule has 8 nitrogen and oxygen atoms in total. The number of rotatable bonds is 8. The van der Waals surface area contributed by atoms with Gasteiger partial charge in [0.25, 0.3) is 5.91 Å². The van der Waals surface area contributed by atoms with Crippen LogP contribution in [-0.2, 0) is 16.0 Å². The van der Waals surface area contributed by atoms with E-state index in [1.807, 2.05) is 35.2 Å². The number of carbonyl (C=O) groups is 2. The Hall–Kier alpha value is -3.56. The number of para-hydroxylation sites is 1. The molecule has 1 aromatic heterocycles. The smallest absolute Gasteiger partial charge is 0.254 e. The van der Waals surface area contributed by atoms with Crippen LogP contribution in [0.25, 0.3) is 0 Å². The summed E-state index contributed by atoms with van der Waals surface area (Å²) in [7, 11) is 0. The summed E-state index contributed by atoms with van der Waals surface area (Å²) in [5.41, 5.74) is 1.58. The molecule has 0 N–H and O–H groups in total. The first-order valence-electron chi connectivity index (χ1n) is 13.0. The van der Waals surface area contributed by atoms with Crippen molar-refractivity contribution in [2.75, 3.05) is 39.6 Å². The predicted molar refractivity (Wildman–Crippen MR) is 142 cm³/mol. The third kappa shape index (κ3) is 5.21. The Labute approximate surface area is 225 Å². The van der Waals surface area contributed by atoms with Gasteiger partial charge in [0.05, 0.1) is 12.1 Å². The third-order valence-electron chi connectivity index (χ3n) is 7.25. The minimum Gasteiger partial charge on any atom is -0.491 e. The van der Waals surface area contributed by atoms with E-state index in [1.165, 1.54) is 4.88 Å². The molecule has 0 aliphatic carbocycles. The van der Waals surface area contributed by atoms with Gasteiger partial charge in [-0.15, -0.1) is 11.3 Å². The van der Waals surface area contributed by atoms with Crippen LogP contribution in [0.3, 0.4) is 0 Å². The van der Waals surface area contributed by atoms with E-state index in [0.717, 1.165) is 30.6 Å². The SMILES string of the molecule is O=C(c1ccc2c(c1)OCO2)N(CC(=O)N1CCc2sccc2[C@@H]1COc1ccccc1)C[C@@H]1CCCO1. The quantitative estimate of drug-likeness (QED) is 0.429. The van der Waals surface area contributed by atoms with Crippen molar-refractivity contribution in [2.24, 2.45) is 0 Å². The summed E-state index contributed by atoms with van der Waals surface area (Å²) in [6, 6.07) is 16.6. The summed E-state index contributed by atoms with van der Waals surface area (Å²) in [4.78, 5) is 32.3. The van der Waals surface area contributed by atoms with Gasteiger partial charge in [0.2, 0.25) is 12.7 Å². The molecule has 6 rings (SSSR count). The number of benzene rings is 2. The number of nitrogens with zero attached hydrogens (tertiary/aromatic N) is 2. The van der Waals surface area contributed by atoms with E-state index >= 15 is 0 Å². The van der Waals surface area contributed by atoms with Crippen molar-refractivity contribution in [3.63, 3.8) is 0 Å². The Bertz CT molecular complexity index is 1290. The molecule has 1 saturated heterocycles. The number of amides is 2. The van der Waals surface area contributed by atoms with E-state index in [2.05, 4.69) is 11.4 Å². The van der Waals surface area contributed by atoms with Crippen LogP contribution in [0.15, 0.2) is 60.0 Å². The van der Waals surface area contributed by atoms with Gasteiger partial charge < -0.3 is 28.7 Å². The van der Waals surface area contributed by atoms with Crippen molar-refractivity contribution in [1.82, 2.24) is 9.80 Å². The molecule has 3 aliphatic heterocycles. The molecule has 2 aromatic carbocycles. The van der Waals surface area contributed by atoms with E-state index in [9.17, 15) is 9.59 Å². The Kier molecular flexibility index (Phi) is 7.20. The summed E-state index contributed by atoms with van der Waals surface area (Å²) >= 11 is 1.71. The van der Waals surface area contributed by atoms with Crippen LogP contribution >= 0.6 is 11.3 Å². The molecule has 3 aliphatic rings. The fraction of sp³-hybridized carbons (Fsp3) is 0.379. The average molecular weight is 535 g/mol. The minimum absolute atomic E-state index is 0.0333. The molecule has 0 radical (unpaired) electrons. The van der Waals surface area contributed by atoms with Gasteiger partial charge >= 0.3 is 0 Å². The van der Waals surface area contributed by atoms with E-state index in [0.29, 0.717) is 43.4 Å². The zero-order valence-electron chi connectivity index (χ0n) is 21.0. The van der Waals surface area contributed by atoms with Crippen LogP contribution in [0.5, 0.6) is 17.2 Å². The maximum atomic E-state index is 13.9. The van der Waals surface area contributed by atoms with Crippen molar-refractivity contribution in [3.05, 3.63) is 76.0 Å². The van der Waals surface area contributed by atoms with E-state index in [-0.39, 0.29) is 37.3 Å². The molecule has 1 fully saturated rings. The van der Waals surface area contributed by atoms with Crippen molar-refractivity contribution in [3.8, 4) is 17.2 Å². The van der Waals surface area contributed by atoms with Crippen LogP contribution in [0.2, 0.25) is 0 Å². The lowest BCUT2D eigenvalue weighted by molar-refractivity contribution is -0.135. The summed E-state index contributed by atoms with van der Waals surface area (Å²) in [6.07, 6.45) is 2.54. The first-order valence-corrected chi connectivity index (χ1v) is 13.9. The topological polar surface area (TPSA) is 77.5 Å². The Balaban J connectivity index is 1.22. The van der Waals surface area contributed by atoms with Gasteiger partial charge in [-0.25, -0.2) is 0 Å². The van der Waals surface area contributed by atoms with Gasteiger partial charge in [-0.1, -0.05) is 18.2 Å². The van der Waals surface area contributed by atoms with E-state index in [4.69, 9.17) is 18.9 Å². The minimum atomic E-state index is -0.225. The first kappa shape index (κ1) is 24.8. The molecule has 2 amide bonds. The summed E-state index contributed by atoms with van der Waals surface area (Å²) in [5.74, 6) is 1.59. The van der Waals surface area contributed by atoms with Gasteiger partial charge in [0.15, 0.2) is 11.5 Å². The van der Waals surface area contributed by atoms with Crippen molar-refractivity contribution >= 4 is 23.2 Å². The lowest BCUT2D eigenvalue weighted by atomic mass is 10.00. The zero-order chi connectivity index (χ0) is 25.9. The molecular weight excluding hydrogens is 504 g/mol. The Morgan fingerprint density at radius 1 is 1.08 bits per heavy atom. The fourth-order valence-electron chi connectivity index (χ4n) is 5.29. The van der Waals surface area contributed by atoms with Crippen molar-refractivity contribution < 1.29 is 28.5 Å². The molecule has 0 saturated carbocycles. The number of thiophene rings is 1. The number of carbonyl (C=O) groups excluding carboxylic acids is 2. The summed E-state index contributed by atoms with van der Waals surface area (Å²) in [5, 5.41) is 2.07. The molecule has 198 valence electrons. The summed E-state index contributed by atoms with van der Waals surface area (Å²) in [6.45, 7) is 2.08. The molecule has 3 aromatic rings. The molecule has 38 heavy (non-hydrogen) atoms. The second kappa shape index (κ2) is 11.0. The number of hydrogen-bond acceptors (Lipinski definition) is 7. The highest BCUT2D eigenvalue weighted by Gasteiger charge is 2.35. The standard InChI is InChI=1S/C29H30N2O6S/c32-28(31-12-10-27-23(11-14-38-27)24(31)18-35-21-5-2-1-3-6-21)17-30(16-22-7-4-13-34-22)29(33)20-8-9-25-26(15-20)37-19-36-25/h1-3,5-6,8-9,11,14-15,22,24H,4,7,10,12-13,16-19H2/t22-,24-/m0/s1. The lowest BCUT2D eigenvalue weighted by Gasteiger charge is -2.37. The molecule has 4 heterocycles. The van der Waals surface area contributed by atoms with Gasteiger partial charge in [-0.05, 0) is 66.6 Å². The second-order valence-corrected chi connectivity index (χ2v) is 10.7. The normalized spacial score (nSPS) is 19.7. The Morgan fingerprint density at radius 3 is 2.79 bits per heavy atom. The predicted octanol–water partition coefficient (Wildman–Crippen LogP) is 4.30. The van der Waals surface area contributed by atoms with E-state index in [1.54, 1.807) is 34.4 Å². The monoisotopic (exact) mass is 534 g/mol. The highest BCUT2D eigenvalue weighted by Crippen LogP contribution is 2.35. The molecule has 0 bridgehead atoms. The third-order valence-corrected chi connectivity index (χ3v) is 8.24. The average Bonchev–Trinajstić information content (AvgIpc) is 3.73. The van der Waals surface area contributed by atoms with Crippen molar-refractivity contribution in [2.45, 2.75) is 31.4 Å². The lowest BCUT2D eigenvalue weighted by Crippen LogP contribution is -2.49. The highest BCUT2D eigenvalue weighted by atomic mass is 32.1. The Morgan fingerprint density at radius 2 is 1.95 bits per heavy atom. The molecule has 0 unspecified atom stereocenters. The zero-order valence-corrected chi connectivity index (χ0v) is 21.9. The van der Waals surface area contributed by atoms with Gasteiger partial charge in [-0.3, -0.25) is 9.59 Å². The van der Waals surface area contributed by atoms with E-state index < -0.39 is 0 Å². The van der Waals surface area contributed by atoms with Crippen LogP contribution in [-0.4, -0.2) is 67.4 Å². The highest BCUT2D eigenvalue weighted by molar-refractivity contribution is 7.10. The van der Waals surface area contributed by atoms with Crippen LogP contribution in [0.4, 0.5) is 0 Å². The first-order chi connectivity index (χ1) is 18.7. The largest absolute Gasteiger partial charge is 0.491 e. The van der Waals surface area contributed by atoms with Crippen molar-refractivity contribution in [1.29, 1.82) is 0 Å². The fourth-order valence-corrected chi connectivity index (χ4v) is 6.21. The van der Waals surface area contributed by atoms with Gasteiger partial charge in [0, 0.05) is 30.1 Å². The number of hydrogen-bond donors (Lipinski definition) is 0. The van der Waals surface area contributed by atoms with Gasteiger partial charge in [-0.2, -0.15) is 0 Å². The van der Waals surface area contributed by atoms with Crippen LogP contribution in [0, 0.1) is 0 Å². The molecule has 9 heteroatoms. The maximum absolute atomic E-state index is 13.9. The summed E-state index contributed by atoms with van der Waals surface area (Å²) < 4.78 is 22.8. The molecule has 2 atom stereocenters. The van der Waals surface area contributed by atoms with Crippen LogP contribution < -0.4 is 14.2 Å². The molecule has 0 spiro atoms. The maximum Gasteiger partial charge on any atom is 0.254 e. The second-order valence-electron chi connectivity index (χ2n) is 9.66. The molecular formula is C29H30N2O6S. The number of ether oxygens (including phenoxy) is 4.